The Morgan fingerprint density at radius 1 is 1.11 bits per heavy atom. The Morgan fingerprint density at radius 2 is 1.91 bits per heavy atom. The molecule has 2 aromatic heterocycles. The Labute approximate surface area is 275 Å². The van der Waals surface area contributed by atoms with Crippen LogP contribution in [-0.2, 0) is 17.9 Å². The fourth-order valence-corrected chi connectivity index (χ4v) is 6.60. The van der Waals surface area contributed by atoms with Crippen molar-refractivity contribution in [3.05, 3.63) is 104 Å². The van der Waals surface area contributed by atoms with Crippen LogP contribution >= 0.6 is 27.5 Å². The predicted octanol–water partition coefficient (Wildman–Crippen LogP) is 7.63. The number of benzene rings is 3. The van der Waals surface area contributed by atoms with Gasteiger partial charge in [0.25, 0.3) is 0 Å². The number of tetrazole rings is 1. The Hall–Kier alpha value is -3.73. The van der Waals surface area contributed by atoms with E-state index in [4.69, 9.17) is 21.1 Å². The van der Waals surface area contributed by atoms with Crippen LogP contribution in [0, 0.1) is 5.92 Å². The van der Waals surface area contributed by atoms with Crippen LogP contribution in [-0.4, -0.2) is 44.3 Å². The van der Waals surface area contributed by atoms with Crippen LogP contribution in [0.2, 0.25) is 5.02 Å². The summed E-state index contributed by atoms with van der Waals surface area (Å²) < 4.78 is 14.3. The van der Waals surface area contributed by atoms with Gasteiger partial charge in [0.1, 0.15) is 18.1 Å². The number of hydrogen-bond donors (Lipinski definition) is 2. The summed E-state index contributed by atoms with van der Waals surface area (Å²) in [7, 11) is 0. The molecule has 3 aromatic carbocycles. The molecular formula is C34H36BrClN6O3. The summed E-state index contributed by atoms with van der Waals surface area (Å²) in [5.41, 5.74) is 3.97. The monoisotopic (exact) mass is 690 g/mol. The van der Waals surface area contributed by atoms with E-state index in [0.717, 1.165) is 44.4 Å². The molecule has 1 saturated carbocycles. The van der Waals surface area contributed by atoms with Gasteiger partial charge in [0, 0.05) is 31.5 Å². The zero-order valence-electron chi connectivity index (χ0n) is 25.1. The summed E-state index contributed by atoms with van der Waals surface area (Å²) >= 11 is 9.92. The molecule has 0 saturated heterocycles. The van der Waals surface area contributed by atoms with E-state index in [1.165, 1.54) is 32.1 Å². The lowest BCUT2D eigenvalue weighted by molar-refractivity contribution is 0.0518. The van der Waals surface area contributed by atoms with Crippen molar-refractivity contribution in [1.82, 2.24) is 30.5 Å². The van der Waals surface area contributed by atoms with E-state index in [2.05, 4.69) is 41.8 Å². The second-order valence-electron chi connectivity index (χ2n) is 11.4. The number of aromatic amines is 1. The van der Waals surface area contributed by atoms with Crippen molar-refractivity contribution in [3.8, 4) is 5.75 Å². The largest absolute Gasteiger partial charge is 0.489 e. The first-order valence-corrected chi connectivity index (χ1v) is 16.6. The topological polar surface area (TPSA) is 107 Å². The summed E-state index contributed by atoms with van der Waals surface area (Å²) in [4.78, 5) is 16.6. The summed E-state index contributed by atoms with van der Waals surface area (Å²) in [5.74, 6) is 1.50. The number of fused-ring (bicyclic) bond motifs is 1. The third-order valence-corrected chi connectivity index (χ3v) is 9.34. The number of rotatable bonds is 12. The fourth-order valence-electron chi connectivity index (χ4n) is 6.03. The number of aromatic nitrogens is 5. The maximum atomic E-state index is 13.3. The lowest BCUT2D eigenvalue weighted by atomic mass is 9.89. The average molecular weight is 692 g/mol. The third-order valence-electron chi connectivity index (χ3n) is 8.33. The van der Waals surface area contributed by atoms with E-state index in [1.807, 2.05) is 66.7 Å². The molecule has 6 rings (SSSR count). The maximum absolute atomic E-state index is 13.3. The first-order chi connectivity index (χ1) is 22.0. The second kappa shape index (κ2) is 14.6. The standard InChI is InChI=1S/C34H36BrClN6O3/c1-2-44-34(43)32-30(27-17-14-25(36)18-29(27)38-32)31(37-19-22-8-4-3-5-9-22)33-39-40-41-42(33)20-23-12-15-26(16-13-23)45-21-24-10-6-7-11-28(24)35/h6-7,10-18,22,31,37-38H,2-5,8-9,19-21H2,1H3. The summed E-state index contributed by atoms with van der Waals surface area (Å²) in [6.45, 7) is 3.74. The van der Waals surface area contributed by atoms with Gasteiger partial charge in [-0.05, 0) is 78.6 Å². The number of nitrogens with one attached hydrogen (secondary N) is 2. The van der Waals surface area contributed by atoms with Crippen molar-refractivity contribution in [2.75, 3.05) is 13.2 Å². The van der Waals surface area contributed by atoms with Gasteiger partial charge in [-0.1, -0.05) is 83.2 Å². The minimum absolute atomic E-state index is 0.259. The normalized spacial score (nSPS) is 14.5. The molecule has 2 N–H and O–H groups in total. The summed E-state index contributed by atoms with van der Waals surface area (Å²) in [6.07, 6.45) is 6.10. The molecule has 0 spiro atoms. The van der Waals surface area contributed by atoms with Gasteiger partial charge in [0.2, 0.25) is 0 Å². The van der Waals surface area contributed by atoms with E-state index >= 15 is 0 Å². The summed E-state index contributed by atoms with van der Waals surface area (Å²) in [6, 6.07) is 21.1. The highest BCUT2D eigenvalue weighted by Gasteiger charge is 2.31. The van der Waals surface area contributed by atoms with Crippen LogP contribution in [0.4, 0.5) is 0 Å². The molecule has 2 heterocycles. The number of carbonyl (C=O) groups is 1. The van der Waals surface area contributed by atoms with Crippen molar-refractivity contribution in [2.45, 2.75) is 58.2 Å². The number of ether oxygens (including phenoxy) is 2. The van der Waals surface area contributed by atoms with Gasteiger partial charge in [0.05, 0.1) is 19.2 Å². The first-order valence-electron chi connectivity index (χ1n) is 15.4. The Kier molecular flexibility index (Phi) is 10.1. The molecule has 0 radical (unpaired) electrons. The van der Waals surface area contributed by atoms with E-state index in [1.54, 1.807) is 11.6 Å². The maximum Gasteiger partial charge on any atom is 0.355 e. The van der Waals surface area contributed by atoms with Crippen molar-refractivity contribution in [3.63, 3.8) is 0 Å². The molecule has 45 heavy (non-hydrogen) atoms. The van der Waals surface area contributed by atoms with Gasteiger partial charge in [-0.3, -0.25) is 0 Å². The predicted molar refractivity (Wildman–Crippen MR) is 178 cm³/mol. The van der Waals surface area contributed by atoms with Gasteiger partial charge in [-0.15, -0.1) is 5.10 Å². The molecule has 0 aliphatic heterocycles. The SMILES string of the molecule is CCOC(=O)c1[nH]c2cc(Cl)ccc2c1C(NCC1CCCCC1)c1nnnn1Cc1ccc(OCc2ccccc2Br)cc1. The van der Waals surface area contributed by atoms with Gasteiger partial charge in [-0.2, -0.15) is 0 Å². The molecule has 9 nitrogen and oxygen atoms in total. The number of halogens is 2. The van der Waals surface area contributed by atoms with Crippen LogP contribution in [0.1, 0.15) is 78.1 Å². The van der Waals surface area contributed by atoms with Crippen molar-refractivity contribution in [1.29, 1.82) is 0 Å². The third kappa shape index (κ3) is 7.40. The molecule has 1 unspecified atom stereocenters. The minimum Gasteiger partial charge on any atom is -0.489 e. The lowest BCUT2D eigenvalue weighted by Gasteiger charge is -2.26. The molecule has 1 aliphatic carbocycles. The summed E-state index contributed by atoms with van der Waals surface area (Å²) in [5, 5.41) is 18.2. The van der Waals surface area contributed by atoms with Crippen LogP contribution in [0.3, 0.4) is 0 Å². The van der Waals surface area contributed by atoms with Gasteiger partial charge in [-0.25, -0.2) is 9.48 Å². The number of H-pyrrole nitrogens is 1. The van der Waals surface area contributed by atoms with Gasteiger partial charge >= 0.3 is 5.97 Å². The highest BCUT2D eigenvalue weighted by atomic mass is 79.9. The highest BCUT2D eigenvalue weighted by Crippen LogP contribution is 2.34. The van der Waals surface area contributed by atoms with Crippen LogP contribution in [0.25, 0.3) is 10.9 Å². The molecule has 1 aliphatic rings. The molecule has 0 bridgehead atoms. The molecule has 1 atom stereocenters. The molecule has 0 amide bonds. The van der Waals surface area contributed by atoms with Gasteiger partial charge in [0.15, 0.2) is 5.82 Å². The van der Waals surface area contributed by atoms with Crippen LogP contribution in [0.5, 0.6) is 5.75 Å². The van der Waals surface area contributed by atoms with E-state index in [9.17, 15) is 4.79 Å². The Bertz CT molecular complexity index is 1750. The molecule has 234 valence electrons. The first kappa shape index (κ1) is 31.3. The van der Waals surface area contributed by atoms with E-state index in [0.29, 0.717) is 35.6 Å². The van der Waals surface area contributed by atoms with E-state index in [-0.39, 0.29) is 6.61 Å². The van der Waals surface area contributed by atoms with Crippen LogP contribution in [0.15, 0.2) is 71.2 Å². The molecule has 1 fully saturated rings. The van der Waals surface area contributed by atoms with Crippen LogP contribution < -0.4 is 10.1 Å². The van der Waals surface area contributed by atoms with Gasteiger partial charge < -0.3 is 19.8 Å². The quantitative estimate of drug-likeness (QED) is 0.130. The number of esters is 1. The molecule has 11 heteroatoms. The van der Waals surface area contributed by atoms with E-state index < -0.39 is 12.0 Å². The highest BCUT2D eigenvalue weighted by molar-refractivity contribution is 9.10. The Morgan fingerprint density at radius 3 is 2.69 bits per heavy atom. The number of carbonyl (C=O) groups excluding carboxylic acids is 1. The van der Waals surface area contributed by atoms with Crippen molar-refractivity contribution < 1.29 is 14.3 Å². The zero-order chi connectivity index (χ0) is 31.2. The smallest absolute Gasteiger partial charge is 0.355 e. The molecular weight excluding hydrogens is 656 g/mol. The molecule has 5 aromatic rings. The zero-order valence-corrected chi connectivity index (χ0v) is 27.5. The van der Waals surface area contributed by atoms with Crippen molar-refractivity contribution >= 4 is 44.4 Å². The Balaban J connectivity index is 1.30. The minimum atomic E-state index is -0.469. The number of hydrogen-bond acceptors (Lipinski definition) is 7. The fraction of sp³-hybridized carbons (Fsp3) is 0.353. The second-order valence-corrected chi connectivity index (χ2v) is 12.7. The van der Waals surface area contributed by atoms with Crippen molar-refractivity contribution in [2.24, 2.45) is 5.92 Å². The lowest BCUT2D eigenvalue weighted by Crippen LogP contribution is -2.32. The average Bonchev–Trinajstić information content (AvgIpc) is 3.67. The number of nitrogens with zero attached hydrogens (tertiary/aromatic N) is 4.